The van der Waals surface area contributed by atoms with Crippen LogP contribution in [-0.2, 0) is 0 Å². The maximum Gasteiger partial charge on any atom is 0.138 e. The van der Waals surface area contributed by atoms with Crippen LogP contribution in [0.5, 0.6) is 5.75 Å². The number of nitrogens with two attached hydrogens (primary N) is 1. The Morgan fingerprint density at radius 2 is 2.12 bits per heavy atom. The minimum atomic E-state index is -1.16. The monoisotopic (exact) mass is 238 g/mol. The van der Waals surface area contributed by atoms with Gasteiger partial charge in [0.05, 0.1) is 11.8 Å². The first kappa shape index (κ1) is 13.1. The second kappa shape index (κ2) is 5.95. The SMILES string of the molecule is [N-]=[N+]=NCCC(O)C(O)c1ccc(N)c(O)c1. The fourth-order valence-corrected chi connectivity index (χ4v) is 1.36. The summed E-state index contributed by atoms with van der Waals surface area (Å²) in [5.74, 6) is -0.149. The molecule has 92 valence electrons. The number of aliphatic hydroxyl groups is 2. The lowest BCUT2D eigenvalue weighted by atomic mass is 10.0. The second-order valence-electron chi connectivity index (χ2n) is 3.57. The van der Waals surface area contributed by atoms with Crippen molar-refractivity contribution in [1.29, 1.82) is 0 Å². The summed E-state index contributed by atoms with van der Waals surface area (Å²) >= 11 is 0. The molecule has 0 aromatic heterocycles. The van der Waals surface area contributed by atoms with E-state index in [-0.39, 0.29) is 24.4 Å². The van der Waals surface area contributed by atoms with Gasteiger partial charge < -0.3 is 21.1 Å². The largest absolute Gasteiger partial charge is 0.506 e. The van der Waals surface area contributed by atoms with Crippen LogP contribution in [0.3, 0.4) is 0 Å². The van der Waals surface area contributed by atoms with E-state index in [1.165, 1.54) is 18.2 Å². The van der Waals surface area contributed by atoms with Gasteiger partial charge in [-0.3, -0.25) is 0 Å². The molecular weight excluding hydrogens is 224 g/mol. The molecule has 17 heavy (non-hydrogen) atoms. The summed E-state index contributed by atoms with van der Waals surface area (Å²) in [6, 6.07) is 4.24. The third-order valence-corrected chi connectivity index (χ3v) is 2.35. The first-order chi connectivity index (χ1) is 8.06. The van der Waals surface area contributed by atoms with Crippen molar-refractivity contribution in [3.63, 3.8) is 0 Å². The van der Waals surface area contributed by atoms with Gasteiger partial charge in [-0.25, -0.2) is 0 Å². The third kappa shape index (κ3) is 3.53. The average molecular weight is 238 g/mol. The van der Waals surface area contributed by atoms with Crippen molar-refractivity contribution in [2.75, 3.05) is 12.3 Å². The molecule has 0 aliphatic carbocycles. The Morgan fingerprint density at radius 1 is 1.41 bits per heavy atom. The zero-order valence-electron chi connectivity index (χ0n) is 9.06. The van der Waals surface area contributed by atoms with Gasteiger partial charge in [-0.05, 0) is 29.6 Å². The quantitative estimate of drug-likeness (QED) is 0.200. The van der Waals surface area contributed by atoms with Gasteiger partial charge >= 0.3 is 0 Å². The Hall–Kier alpha value is -1.95. The number of aliphatic hydroxyl groups excluding tert-OH is 2. The Morgan fingerprint density at radius 3 is 2.71 bits per heavy atom. The van der Waals surface area contributed by atoms with E-state index in [0.717, 1.165) is 0 Å². The average Bonchev–Trinajstić information content (AvgIpc) is 2.32. The molecule has 0 saturated heterocycles. The lowest BCUT2D eigenvalue weighted by Crippen LogP contribution is -2.19. The minimum absolute atomic E-state index is 0.0929. The summed E-state index contributed by atoms with van der Waals surface area (Å²) in [7, 11) is 0. The summed E-state index contributed by atoms with van der Waals surface area (Å²) in [6.07, 6.45) is -2.09. The summed E-state index contributed by atoms with van der Waals surface area (Å²) in [5.41, 5.74) is 14.0. The van der Waals surface area contributed by atoms with Crippen molar-refractivity contribution in [2.24, 2.45) is 5.11 Å². The maximum atomic E-state index is 9.77. The lowest BCUT2D eigenvalue weighted by Gasteiger charge is -2.17. The number of hydrogen-bond donors (Lipinski definition) is 4. The summed E-state index contributed by atoms with van der Waals surface area (Å²) in [6.45, 7) is 0.0929. The molecule has 0 amide bonds. The van der Waals surface area contributed by atoms with Crippen molar-refractivity contribution in [3.8, 4) is 5.75 Å². The standard InChI is InChI=1S/C10H14N4O3/c11-7-2-1-6(5-9(7)16)10(17)8(15)3-4-13-14-12/h1-2,5,8,10,15-17H,3-4,11H2. The van der Waals surface area contributed by atoms with Crippen LogP contribution >= 0.6 is 0 Å². The van der Waals surface area contributed by atoms with Crippen LogP contribution in [0.2, 0.25) is 0 Å². The summed E-state index contributed by atoms with van der Waals surface area (Å²) < 4.78 is 0. The summed E-state index contributed by atoms with van der Waals surface area (Å²) in [5, 5.41) is 32.0. The van der Waals surface area contributed by atoms with Crippen molar-refractivity contribution >= 4 is 5.69 Å². The van der Waals surface area contributed by atoms with Crippen LogP contribution in [0, 0.1) is 0 Å². The van der Waals surface area contributed by atoms with E-state index in [1.807, 2.05) is 0 Å². The number of benzene rings is 1. The van der Waals surface area contributed by atoms with Crippen LogP contribution in [0.4, 0.5) is 5.69 Å². The van der Waals surface area contributed by atoms with E-state index >= 15 is 0 Å². The number of azide groups is 1. The molecule has 0 saturated carbocycles. The molecule has 0 heterocycles. The van der Waals surface area contributed by atoms with E-state index < -0.39 is 12.2 Å². The topological polar surface area (TPSA) is 135 Å². The van der Waals surface area contributed by atoms with Gasteiger partial charge in [-0.1, -0.05) is 11.2 Å². The minimum Gasteiger partial charge on any atom is -0.506 e. The first-order valence-corrected chi connectivity index (χ1v) is 5.01. The normalized spacial score (nSPS) is 13.8. The molecule has 0 bridgehead atoms. The Kier molecular flexibility index (Phi) is 4.59. The van der Waals surface area contributed by atoms with Gasteiger partial charge in [0.25, 0.3) is 0 Å². The lowest BCUT2D eigenvalue weighted by molar-refractivity contribution is 0.0149. The van der Waals surface area contributed by atoms with Crippen molar-refractivity contribution in [1.82, 2.24) is 0 Å². The zero-order chi connectivity index (χ0) is 12.8. The van der Waals surface area contributed by atoms with Crippen LogP contribution in [0.15, 0.2) is 23.3 Å². The number of aromatic hydroxyl groups is 1. The number of rotatable bonds is 5. The van der Waals surface area contributed by atoms with E-state index in [1.54, 1.807) is 0 Å². The highest BCUT2D eigenvalue weighted by Gasteiger charge is 2.18. The predicted molar refractivity (Wildman–Crippen MR) is 62.1 cm³/mol. The fraction of sp³-hybridized carbons (Fsp3) is 0.400. The molecule has 5 N–H and O–H groups in total. The van der Waals surface area contributed by atoms with Gasteiger partial charge in [0.1, 0.15) is 11.9 Å². The molecule has 1 aromatic rings. The van der Waals surface area contributed by atoms with Gasteiger partial charge in [-0.2, -0.15) is 0 Å². The van der Waals surface area contributed by atoms with Gasteiger partial charge in [0, 0.05) is 11.5 Å². The van der Waals surface area contributed by atoms with Crippen LogP contribution in [0.1, 0.15) is 18.1 Å². The molecule has 1 aromatic carbocycles. The van der Waals surface area contributed by atoms with Gasteiger partial charge in [0.2, 0.25) is 0 Å². The Labute approximate surface area is 97.7 Å². The molecule has 2 atom stereocenters. The summed E-state index contributed by atoms with van der Waals surface area (Å²) in [4.78, 5) is 2.54. The Bertz CT molecular complexity index is 432. The predicted octanol–water partition coefficient (Wildman–Crippen LogP) is 1.07. The number of anilines is 1. The maximum absolute atomic E-state index is 9.77. The first-order valence-electron chi connectivity index (χ1n) is 5.01. The number of nitrogens with zero attached hydrogens (tertiary/aromatic N) is 3. The highest BCUT2D eigenvalue weighted by atomic mass is 16.3. The van der Waals surface area contributed by atoms with Gasteiger partial charge in [0.15, 0.2) is 0 Å². The van der Waals surface area contributed by atoms with E-state index in [9.17, 15) is 15.3 Å². The molecular formula is C10H14N4O3. The molecule has 0 aliphatic rings. The zero-order valence-corrected chi connectivity index (χ0v) is 9.06. The second-order valence-corrected chi connectivity index (χ2v) is 3.57. The third-order valence-electron chi connectivity index (χ3n) is 2.35. The Balaban J connectivity index is 2.70. The number of hydrogen-bond acceptors (Lipinski definition) is 5. The number of nitrogen functional groups attached to an aromatic ring is 1. The van der Waals surface area contributed by atoms with Crippen LogP contribution < -0.4 is 5.73 Å². The van der Waals surface area contributed by atoms with Crippen LogP contribution in [-0.4, -0.2) is 28.0 Å². The van der Waals surface area contributed by atoms with E-state index in [4.69, 9.17) is 11.3 Å². The molecule has 7 nitrogen and oxygen atoms in total. The van der Waals surface area contributed by atoms with Crippen molar-refractivity contribution in [2.45, 2.75) is 18.6 Å². The molecule has 2 unspecified atom stereocenters. The molecule has 0 radical (unpaired) electrons. The van der Waals surface area contributed by atoms with Crippen molar-refractivity contribution in [3.05, 3.63) is 34.2 Å². The van der Waals surface area contributed by atoms with Gasteiger partial charge in [-0.15, -0.1) is 0 Å². The number of phenolic OH excluding ortho intramolecular Hbond substituents is 1. The highest BCUT2D eigenvalue weighted by molar-refractivity contribution is 5.53. The molecule has 0 spiro atoms. The fourth-order valence-electron chi connectivity index (χ4n) is 1.36. The molecule has 0 aliphatic heterocycles. The van der Waals surface area contributed by atoms with Crippen molar-refractivity contribution < 1.29 is 15.3 Å². The molecule has 0 fully saturated rings. The number of phenols is 1. The van der Waals surface area contributed by atoms with E-state index in [0.29, 0.717) is 5.56 Å². The molecule has 7 heteroatoms. The smallest absolute Gasteiger partial charge is 0.138 e. The van der Waals surface area contributed by atoms with Crippen LogP contribution in [0.25, 0.3) is 10.4 Å². The van der Waals surface area contributed by atoms with E-state index in [2.05, 4.69) is 10.0 Å². The highest BCUT2D eigenvalue weighted by Crippen LogP contribution is 2.26. The molecule has 1 rings (SSSR count).